The van der Waals surface area contributed by atoms with Gasteiger partial charge in [-0.15, -0.1) is 10.2 Å². The predicted octanol–water partition coefficient (Wildman–Crippen LogP) is 8.67. The Morgan fingerprint density at radius 1 is 0.935 bits per heavy atom. The van der Waals surface area contributed by atoms with Crippen molar-refractivity contribution in [3.63, 3.8) is 0 Å². The Kier molecular flexibility index (Phi) is 12.5. The number of fused-ring (bicyclic) bond motifs is 1. The first kappa shape index (κ1) is 41.9. The summed E-state index contributed by atoms with van der Waals surface area (Å²) in [5.74, 6) is -0.336. The van der Waals surface area contributed by atoms with Gasteiger partial charge in [0.15, 0.2) is 23.1 Å². The van der Waals surface area contributed by atoms with Crippen molar-refractivity contribution in [3.05, 3.63) is 123 Å². The number of nitrogens with zero attached hydrogens (tertiary/aromatic N) is 5. The van der Waals surface area contributed by atoms with Gasteiger partial charge >= 0.3 is 0 Å². The maximum Gasteiger partial charge on any atom is 0.274 e. The summed E-state index contributed by atoms with van der Waals surface area (Å²) in [6.45, 7) is 1.47. The number of halogens is 3. The Hall–Kier alpha value is -6.79. The fourth-order valence-electron chi connectivity index (χ4n) is 8.13. The third-order valence-corrected chi connectivity index (χ3v) is 11.8. The van der Waals surface area contributed by atoms with Crippen LogP contribution >= 0.6 is 11.6 Å². The molecule has 2 amide bonds. The lowest BCUT2D eigenvalue weighted by molar-refractivity contribution is -0.116. The van der Waals surface area contributed by atoms with E-state index in [0.29, 0.717) is 68.6 Å². The van der Waals surface area contributed by atoms with Gasteiger partial charge in [-0.2, -0.15) is 5.26 Å². The number of anilines is 2. The van der Waals surface area contributed by atoms with Crippen molar-refractivity contribution in [1.29, 1.82) is 5.26 Å². The molecule has 62 heavy (non-hydrogen) atoms. The van der Waals surface area contributed by atoms with Crippen LogP contribution in [-0.2, 0) is 11.8 Å². The second kappa shape index (κ2) is 18.4. The number of piperidine rings is 1. The first-order chi connectivity index (χ1) is 30.0. The van der Waals surface area contributed by atoms with Crippen molar-refractivity contribution in [2.75, 3.05) is 23.3 Å². The molecule has 16 heteroatoms. The second-order valence-electron chi connectivity index (χ2n) is 15.7. The van der Waals surface area contributed by atoms with Gasteiger partial charge in [0.25, 0.3) is 11.5 Å². The minimum atomic E-state index is -0.871. The smallest absolute Gasteiger partial charge is 0.274 e. The molecule has 1 aliphatic heterocycles. The van der Waals surface area contributed by atoms with Gasteiger partial charge in [-0.05, 0) is 112 Å². The van der Waals surface area contributed by atoms with E-state index < -0.39 is 11.6 Å². The number of pyridine rings is 1. The van der Waals surface area contributed by atoms with E-state index in [1.165, 1.54) is 10.6 Å². The zero-order valence-electron chi connectivity index (χ0n) is 33.8. The summed E-state index contributed by atoms with van der Waals surface area (Å²) < 4.78 is 41.8. The number of aromatic amines is 1. The molecule has 2 fully saturated rings. The molecule has 0 radical (unpaired) electrons. The normalized spacial score (nSPS) is 16.7. The summed E-state index contributed by atoms with van der Waals surface area (Å²) in [6, 6.07) is 20.4. The highest BCUT2D eigenvalue weighted by molar-refractivity contribution is 6.31. The van der Waals surface area contributed by atoms with Crippen molar-refractivity contribution in [1.82, 2.24) is 25.1 Å². The van der Waals surface area contributed by atoms with Crippen LogP contribution in [0.15, 0.2) is 90.0 Å². The van der Waals surface area contributed by atoms with E-state index in [2.05, 4.69) is 30.7 Å². The first-order valence-corrected chi connectivity index (χ1v) is 20.9. The average molecular weight is 861 g/mol. The minimum Gasteiger partial charge on any atom is -0.490 e. The van der Waals surface area contributed by atoms with Crippen LogP contribution < -0.4 is 30.6 Å². The predicted molar refractivity (Wildman–Crippen MR) is 231 cm³/mol. The van der Waals surface area contributed by atoms with Crippen LogP contribution in [0.1, 0.15) is 67.4 Å². The molecule has 0 bridgehead atoms. The second-order valence-corrected chi connectivity index (χ2v) is 16.1. The van der Waals surface area contributed by atoms with E-state index in [1.54, 1.807) is 68.0 Å². The van der Waals surface area contributed by atoms with Crippen LogP contribution in [0, 0.1) is 28.9 Å². The van der Waals surface area contributed by atoms with Crippen LogP contribution in [-0.4, -0.2) is 56.8 Å². The molecule has 8 rings (SSSR count). The molecule has 3 aromatic carbocycles. The van der Waals surface area contributed by atoms with E-state index >= 15 is 0 Å². The van der Waals surface area contributed by atoms with E-state index in [-0.39, 0.29) is 46.7 Å². The van der Waals surface area contributed by atoms with E-state index in [4.69, 9.17) is 26.3 Å². The molecule has 0 atom stereocenters. The molecule has 6 aromatic rings. The number of carbonyl (C=O) groups excluding carboxylic acids is 2. The largest absolute Gasteiger partial charge is 0.490 e. The Labute approximate surface area is 360 Å². The number of aryl methyl sites for hydroxylation is 1. The van der Waals surface area contributed by atoms with Crippen molar-refractivity contribution < 1.29 is 27.8 Å². The van der Waals surface area contributed by atoms with Crippen molar-refractivity contribution in [2.45, 2.75) is 63.5 Å². The molecule has 0 unspecified atom stereocenters. The molecule has 3 aromatic heterocycles. The van der Waals surface area contributed by atoms with Gasteiger partial charge in [0, 0.05) is 79.3 Å². The number of amides is 2. The molecule has 1 saturated heterocycles. The minimum absolute atomic E-state index is 0.00348. The van der Waals surface area contributed by atoms with E-state index in [9.17, 15) is 23.2 Å². The highest BCUT2D eigenvalue weighted by Gasteiger charge is 2.26. The first-order valence-electron chi connectivity index (χ1n) is 20.5. The summed E-state index contributed by atoms with van der Waals surface area (Å²) in [5, 5.41) is 24.7. The summed E-state index contributed by atoms with van der Waals surface area (Å²) in [7, 11) is 1.62. The lowest BCUT2D eigenvalue weighted by Gasteiger charge is -2.32. The molecular weight excluding hydrogens is 818 g/mol. The molecule has 318 valence electrons. The molecule has 0 spiro atoms. The highest BCUT2D eigenvalue weighted by Crippen LogP contribution is 2.39. The van der Waals surface area contributed by atoms with Gasteiger partial charge in [0.2, 0.25) is 5.91 Å². The monoisotopic (exact) mass is 860 g/mol. The fraction of sp³-hybridized carbons (Fsp3) is 0.304. The summed E-state index contributed by atoms with van der Waals surface area (Å²) in [6.07, 6.45) is 9.04. The van der Waals surface area contributed by atoms with Gasteiger partial charge in [-0.1, -0.05) is 11.6 Å². The standard InChI is InChI=1S/C46H43ClF2N8O5/c1-56-26-36(34-16-19-51-44(34)46(56)60)35-23-31(7-13-40(35)62-41-12-4-29(48)22-38(41)49)52-43(58)15-2-27-17-20-57(21-18-27)42-14-11-39(54-55-42)45(59)53-30-5-9-32(10-6-30)61-33-8-3-28(25-50)37(47)24-33/h3-4,7-8,11-14,16,19,22-24,26-27,30,32,51H,2,5-6,9-10,15,17-18,20-21H2,1H3,(H,52,58)(H,53,59). The number of H-pyrrole nitrogens is 1. The van der Waals surface area contributed by atoms with E-state index in [1.807, 2.05) is 12.1 Å². The number of rotatable bonds is 12. The number of hydrogen-bond acceptors (Lipinski definition) is 9. The Balaban J connectivity index is 0.818. The summed E-state index contributed by atoms with van der Waals surface area (Å²) >= 11 is 6.14. The topological polar surface area (TPSA) is 167 Å². The lowest BCUT2D eigenvalue weighted by atomic mass is 9.92. The van der Waals surface area contributed by atoms with E-state index in [0.717, 1.165) is 63.7 Å². The number of carbonyl (C=O) groups is 2. The van der Waals surface area contributed by atoms with Crippen LogP contribution in [0.2, 0.25) is 5.02 Å². The number of hydrogen-bond donors (Lipinski definition) is 3. The number of aromatic nitrogens is 4. The van der Waals surface area contributed by atoms with Gasteiger partial charge in [-0.25, -0.2) is 8.78 Å². The molecule has 4 heterocycles. The van der Waals surface area contributed by atoms with Crippen LogP contribution in [0.5, 0.6) is 17.2 Å². The van der Waals surface area contributed by atoms with Gasteiger partial charge in [-0.3, -0.25) is 14.4 Å². The maximum absolute atomic E-state index is 14.7. The molecule has 2 aliphatic rings. The van der Waals surface area contributed by atoms with Gasteiger partial charge in [0.05, 0.1) is 16.7 Å². The van der Waals surface area contributed by atoms with Crippen molar-refractivity contribution in [2.24, 2.45) is 13.0 Å². The van der Waals surface area contributed by atoms with Crippen molar-refractivity contribution >= 4 is 45.8 Å². The van der Waals surface area contributed by atoms with Crippen molar-refractivity contribution in [3.8, 4) is 34.4 Å². The Morgan fingerprint density at radius 2 is 1.73 bits per heavy atom. The summed E-state index contributed by atoms with van der Waals surface area (Å²) in [5.41, 5.74) is 2.40. The number of nitrogens with one attached hydrogen (secondary N) is 3. The highest BCUT2D eigenvalue weighted by atomic mass is 35.5. The quantitative estimate of drug-likeness (QED) is 0.109. The molecule has 3 N–H and O–H groups in total. The number of nitriles is 1. The Bertz CT molecular complexity index is 2720. The SMILES string of the molecule is Cn1cc(-c2cc(NC(=O)CCC3CCN(c4ccc(C(=O)NC5CCC(Oc6ccc(C#N)c(Cl)c6)CC5)nn4)CC3)ccc2Oc2ccc(F)cc2F)c2cc[nH]c2c1=O. The maximum atomic E-state index is 14.7. The third kappa shape index (κ3) is 9.55. The zero-order chi connectivity index (χ0) is 43.3. The summed E-state index contributed by atoms with van der Waals surface area (Å²) in [4.78, 5) is 44.2. The number of ether oxygens (including phenoxy) is 2. The molecule has 13 nitrogen and oxygen atoms in total. The third-order valence-electron chi connectivity index (χ3n) is 11.5. The lowest BCUT2D eigenvalue weighted by Crippen LogP contribution is -2.40. The molecule has 1 saturated carbocycles. The average Bonchev–Trinajstić information content (AvgIpc) is 3.77. The van der Waals surface area contributed by atoms with Crippen LogP contribution in [0.4, 0.5) is 20.3 Å². The molecular formula is C46H43ClF2N8O5. The fourth-order valence-corrected chi connectivity index (χ4v) is 8.34. The van der Waals surface area contributed by atoms with Crippen LogP contribution in [0.3, 0.4) is 0 Å². The van der Waals surface area contributed by atoms with Gasteiger partial charge in [0.1, 0.15) is 28.9 Å². The molecule has 1 aliphatic carbocycles. The zero-order valence-corrected chi connectivity index (χ0v) is 34.6. The Morgan fingerprint density at radius 3 is 2.45 bits per heavy atom. The number of benzene rings is 3. The van der Waals surface area contributed by atoms with Gasteiger partial charge < -0.3 is 34.6 Å². The van der Waals surface area contributed by atoms with Crippen LogP contribution in [0.25, 0.3) is 22.0 Å².